The number of amides is 9. The molecule has 0 spiro atoms. The van der Waals surface area contributed by atoms with Crippen molar-refractivity contribution in [3.63, 3.8) is 0 Å². The van der Waals surface area contributed by atoms with Gasteiger partial charge < -0.3 is 41.5 Å². The number of hydrogen-bond donors (Lipinski definition) is 7. The van der Waals surface area contributed by atoms with Gasteiger partial charge in [-0.3, -0.25) is 19.8 Å². The molecule has 7 N–H and O–H groups in total. The van der Waals surface area contributed by atoms with Crippen LogP contribution in [0.25, 0.3) is 0 Å². The molecule has 2 unspecified atom stereocenters. The molecule has 1 aromatic rings. The van der Waals surface area contributed by atoms with Crippen LogP contribution < -0.4 is 32.0 Å². The number of hydrogen-bond acceptors (Lipinski definition) is 11. The lowest BCUT2D eigenvalue weighted by molar-refractivity contribution is -0.152. The summed E-state index contributed by atoms with van der Waals surface area (Å²) in [6.45, 7) is 35.4. The van der Waals surface area contributed by atoms with Crippen LogP contribution in [0.1, 0.15) is 143 Å². The predicted octanol–water partition coefficient (Wildman–Crippen LogP) is 5.39. The number of fused-ring (bicyclic) bond motifs is 2. The summed E-state index contributed by atoms with van der Waals surface area (Å²) in [4.78, 5) is 96.9. The van der Waals surface area contributed by atoms with E-state index in [-0.39, 0.29) is 73.7 Å². The number of likely N-dealkylation sites (tertiary alicyclic amines) is 2. The van der Waals surface area contributed by atoms with Crippen molar-refractivity contribution in [3.05, 3.63) is 35.9 Å². The summed E-state index contributed by atoms with van der Waals surface area (Å²) in [5, 5.41) is 25.4. The van der Waals surface area contributed by atoms with Crippen LogP contribution in [0.2, 0.25) is 0 Å². The third kappa shape index (κ3) is 17.9. The van der Waals surface area contributed by atoms with Crippen LogP contribution in [0.4, 0.5) is 14.4 Å². The van der Waals surface area contributed by atoms with Gasteiger partial charge in [-0.25, -0.2) is 49.6 Å². The third-order valence-corrected chi connectivity index (χ3v) is 20.1. The van der Waals surface area contributed by atoms with Crippen LogP contribution in [-0.4, -0.2) is 183 Å². The van der Waals surface area contributed by atoms with Crippen molar-refractivity contribution < 1.29 is 55.5 Å². The first-order valence-electron chi connectivity index (χ1n) is 28.7. The summed E-state index contributed by atoms with van der Waals surface area (Å²) in [7, 11) is -4.04. The molecule has 0 aromatic heterocycles. The molecule has 2 saturated carbocycles. The predicted molar refractivity (Wildman–Crippen MR) is 330 cm³/mol. The highest BCUT2D eigenvalue weighted by Crippen LogP contribution is 2.66. The number of carbonyl (C=O) groups is 7. The number of urea groups is 3. The van der Waals surface area contributed by atoms with Gasteiger partial charge in [-0.1, -0.05) is 148 Å². The molecule has 0 radical (unpaired) electrons. The lowest BCUT2D eigenvalue weighted by atomic mass is 9.85. The monoisotopic (exact) mass is 1240 g/mol. The van der Waals surface area contributed by atoms with Crippen LogP contribution in [-0.2, 0) is 39.2 Å². The van der Waals surface area contributed by atoms with Crippen molar-refractivity contribution in [2.75, 3.05) is 59.3 Å². The Balaban J connectivity index is 0.000000464. The SMILES string of the molecule is CCCN(NC(=O)[C@@H]1[C@@H]2[C@H](CN1C(=O)[C@@H](NC(=O)N[C@H](CN(C)S(C)(=O)=O)C(C)(C)C)C(C)(C)C)C2(C)C)C(=O)N[C@@H](C)c1ccccc1.CN(C[C@@H](NC(=O)N[C@H](C(=O)N1CC2C([C@H]1C(=O)O)C2(C)C)C(C)(C)C)C(C)(C)C)S(C)(=O)=O.S. The van der Waals surface area contributed by atoms with Gasteiger partial charge in [0.1, 0.15) is 24.2 Å². The largest absolute Gasteiger partial charge is 0.480 e. The standard InChI is InChI=1S/C35H59N7O6S.C23H42N4O6S.H2S/c1-13-19-42(32(46)36-22(2)23-17-15-14-16-18-23)39-29(43)27-26-24(35(26,9)10)20-41(27)30(44)28(34(6,7)8)38-31(45)37-25(33(3,4)5)21-40(11)49(12,47)48;1-21(2,3)14(12-26(9)34(10,32)33)24-20(31)25-17(22(4,5)6)18(28)27-11-13-15(23(13,7)8)16(27)19(29)30;/h14-18,22,24-28H,13,19-21H2,1-12H3,(H,36,46)(H,39,43)(H2,37,38,45);13-17H,11-12H2,1-10H3,(H,29,30)(H2,24,25,31);1H2/t22-,24-,25+,26-,27-,28+;13?,14-,15?,16+,17-;/m01./s1. The maximum absolute atomic E-state index is 14.4. The zero-order valence-corrected chi connectivity index (χ0v) is 56.6. The Morgan fingerprint density at radius 2 is 0.988 bits per heavy atom. The number of hydrazine groups is 1. The third-order valence-electron chi connectivity index (χ3n) is 17.6. The Kier molecular flexibility index (Phi) is 23.2. The van der Waals surface area contributed by atoms with E-state index in [1.54, 1.807) is 4.90 Å². The van der Waals surface area contributed by atoms with Crippen molar-refractivity contribution in [1.82, 2.24) is 55.4 Å². The van der Waals surface area contributed by atoms with E-state index in [4.69, 9.17) is 0 Å². The van der Waals surface area contributed by atoms with E-state index < -0.39 is 120 Å². The van der Waals surface area contributed by atoms with Gasteiger partial charge in [-0.15, -0.1) is 0 Å². The van der Waals surface area contributed by atoms with E-state index in [1.165, 1.54) is 32.6 Å². The first-order valence-corrected chi connectivity index (χ1v) is 32.4. The fraction of sp³-hybridized carbons (Fsp3) is 0.776. The molecule has 2 saturated heterocycles. The topological polar surface area (TPSA) is 296 Å². The number of sulfonamides is 2. The normalized spacial score (nSPS) is 23.3. The summed E-state index contributed by atoms with van der Waals surface area (Å²) < 4.78 is 50.4. The lowest BCUT2D eigenvalue weighted by Gasteiger charge is -2.39. The Hall–Kier alpha value is -4.92. The summed E-state index contributed by atoms with van der Waals surface area (Å²) in [6, 6.07) is 2.76. The van der Waals surface area contributed by atoms with Gasteiger partial charge in [0.15, 0.2) is 0 Å². The summed E-state index contributed by atoms with van der Waals surface area (Å²) in [6.07, 6.45) is 2.80. The smallest absolute Gasteiger partial charge is 0.336 e. The molecule has 84 heavy (non-hydrogen) atoms. The van der Waals surface area contributed by atoms with E-state index in [0.29, 0.717) is 19.5 Å². The maximum Gasteiger partial charge on any atom is 0.336 e. The van der Waals surface area contributed by atoms with E-state index in [1.807, 2.05) is 141 Å². The fourth-order valence-electron chi connectivity index (χ4n) is 11.5. The lowest BCUT2D eigenvalue weighted by Crippen LogP contribution is -2.63. The molecule has 23 nitrogen and oxygen atoms in total. The molecule has 4 fully saturated rings. The van der Waals surface area contributed by atoms with E-state index in [0.717, 1.165) is 18.1 Å². The first-order chi connectivity index (χ1) is 37.5. The quantitative estimate of drug-likeness (QED) is 0.0911. The fourth-order valence-corrected chi connectivity index (χ4v) is 12.3. The Morgan fingerprint density at radius 1 is 0.619 bits per heavy atom. The molecule has 480 valence electrons. The van der Waals surface area contributed by atoms with Gasteiger partial charge in [0.05, 0.1) is 18.6 Å². The minimum atomic E-state index is -3.49. The summed E-state index contributed by atoms with van der Waals surface area (Å²) >= 11 is 0. The Labute approximate surface area is 508 Å². The number of nitrogens with zero attached hydrogens (tertiary/aromatic N) is 5. The second-order valence-electron chi connectivity index (χ2n) is 29.1. The van der Waals surface area contributed by atoms with Crippen LogP contribution in [0, 0.1) is 56.2 Å². The minimum Gasteiger partial charge on any atom is -0.480 e. The molecule has 2 heterocycles. The molecule has 0 bridgehead atoms. The molecular weight excluding hydrogens is 1140 g/mol. The van der Waals surface area contributed by atoms with Crippen LogP contribution in [0.5, 0.6) is 0 Å². The van der Waals surface area contributed by atoms with Crippen molar-refractivity contribution in [2.45, 2.75) is 173 Å². The zero-order chi connectivity index (χ0) is 63.9. The van der Waals surface area contributed by atoms with E-state index >= 15 is 0 Å². The van der Waals surface area contributed by atoms with Crippen molar-refractivity contribution in [1.29, 1.82) is 0 Å². The Bertz CT molecular complexity index is 2770. The van der Waals surface area contributed by atoms with Gasteiger partial charge in [0.2, 0.25) is 31.9 Å². The number of nitrogens with one attached hydrogen (secondary N) is 6. The number of carboxylic acids is 1. The van der Waals surface area contributed by atoms with Crippen molar-refractivity contribution in [3.8, 4) is 0 Å². The number of carbonyl (C=O) groups excluding carboxylic acids is 6. The van der Waals surface area contributed by atoms with Crippen LogP contribution >= 0.6 is 13.5 Å². The van der Waals surface area contributed by atoms with Crippen LogP contribution in [0.15, 0.2) is 30.3 Å². The summed E-state index contributed by atoms with van der Waals surface area (Å²) in [5.41, 5.74) is 1.07. The van der Waals surface area contributed by atoms with Crippen LogP contribution in [0.3, 0.4) is 0 Å². The van der Waals surface area contributed by atoms with Gasteiger partial charge in [0.25, 0.3) is 5.91 Å². The average Bonchev–Trinajstić information content (AvgIpc) is 1.55. The van der Waals surface area contributed by atoms with Gasteiger partial charge in [-0.2, -0.15) is 13.5 Å². The highest BCUT2D eigenvalue weighted by atomic mass is 32.2. The number of rotatable bonds is 18. The Morgan fingerprint density at radius 3 is 1.32 bits per heavy atom. The second kappa shape index (κ2) is 26.6. The average molecular weight is 1240 g/mol. The zero-order valence-electron chi connectivity index (χ0n) is 54.0. The molecule has 5 rings (SSSR count). The number of carboxylic acid groups (broad SMARTS) is 1. The maximum atomic E-state index is 14.4. The number of benzene rings is 1. The molecule has 9 amide bonds. The molecule has 2 aliphatic heterocycles. The van der Waals surface area contributed by atoms with Crippen molar-refractivity contribution in [2.24, 2.45) is 56.2 Å². The van der Waals surface area contributed by atoms with Gasteiger partial charge in [0, 0.05) is 64.8 Å². The molecule has 2 aliphatic carbocycles. The molecule has 26 heteroatoms. The first kappa shape index (κ1) is 73.3. The summed E-state index contributed by atoms with van der Waals surface area (Å²) in [5.74, 6) is -2.28. The number of piperidine rings is 2. The van der Waals surface area contributed by atoms with Crippen molar-refractivity contribution >= 4 is 75.3 Å². The highest BCUT2D eigenvalue weighted by Gasteiger charge is 2.71. The number of aliphatic carboxylic acids is 1. The van der Waals surface area contributed by atoms with E-state index in [9.17, 15) is 55.5 Å². The van der Waals surface area contributed by atoms with Gasteiger partial charge >= 0.3 is 24.1 Å². The highest BCUT2D eigenvalue weighted by molar-refractivity contribution is 7.88. The molecule has 4 aliphatic rings. The van der Waals surface area contributed by atoms with Gasteiger partial charge in [-0.05, 0) is 69.2 Å². The molecule has 1 aromatic carbocycles. The second-order valence-corrected chi connectivity index (χ2v) is 33.3. The molecular formula is C58H103N11O12S3. The van der Waals surface area contributed by atoms with E-state index in [2.05, 4.69) is 45.9 Å². The molecule has 11 atom stereocenters. The minimum absolute atomic E-state index is 0. The number of likely N-dealkylation sites (N-methyl/N-ethyl adjacent to an activating group) is 2.